The fourth-order valence-corrected chi connectivity index (χ4v) is 2.46. The van der Waals surface area contributed by atoms with Gasteiger partial charge in [-0.05, 0) is 25.7 Å². The molecule has 1 N–H and O–H groups in total. The molecule has 1 aliphatic heterocycles. The Morgan fingerprint density at radius 1 is 1.40 bits per heavy atom. The van der Waals surface area contributed by atoms with Crippen LogP contribution in [0.3, 0.4) is 0 Å². The number of rotatable bonds is 1. The average molecular weight is 210 g/mol. The Bertz CT molecular complexity index is 275. The molecule has 15 heavy (non-hydrogen) atoms. The number of carbonyl (C=O) groups is 1. The van der Waals surface area contributed by atoms with Gasteiger partial charge in [0.2, 0.25) is 5.91 Å². The van der Waals surface area contributed by atoms with Crippen LogP contribution in [0.25, 0.3) is 0 Å². The zero-order valence-corrected chi connectivity index (χ0v) is 10.2. The lowest BCUT2D eigenvalue weighted by atomic mass is 10.0. The highest BCUT2D eigenvalue weighted by Crippen LogP contribution is 2.52. The summed E-state index contributed by atoms with van der Waals surface area (Å²) in [5.41, 5.74) is 0.255. The van der Waals surface area contributed by atoms with E-state index < -0.39 is 0 Å². The molecule has 0 radical (unpaired) electrons. The Morgan fingerprint density at radius 3 is 2.53 bits per heavy atom. The molecule has 3 atom stereocenters. The topological polar surface area (TPSA) is 32.3 Å². The van der Waals surface area contributed by atoms with Crippen LogP contribution in [0.5, 0.6) is 0 Å². The fraction of sp³-hybridized carbons (Fsp3) is 0.917. The molecule has 3 nitrogen and oxygen atoms in total. The van der Waals surface area contributed by atoms with E-state index >= 15 is 0 Å². The second kappa shape index (κ2) is 3.48. The quantitative estimate of drug-likeness (QED) is 0.706. The summed E-state index contributed by atoms with van der Waals surface area (Å²) in [6, 6.07) is 0.757. The molecule has 2 rings (SSSR count). The lowest BCUT2D eigenvalue weighted by molar-refractivity contribution is -0.137. The SMILES string of the molecule is CC1NCCN(C(=O)C2CC2(C)C)C1C. The summed E-state index contributed by atoms with van der Waals surface area (Å²) in [7, 11) is 0. The van der Waals surface area contributed by atoms with Crippen LogP contribution in [0.2, 0.25) is 0 Å². The van der Waals surface area contributed by atoms with Crippen molar-refractivity contribution >= 4 is 5.91 Å². The number of carbonyl (C=O) groups excluding carboxylic acids is 1. The molecule has 0 spiro atoms. The number of hydrogen-bond acceptors (Lipinski definition) is 2. The van der Waals surface area contributed by atoms with Gasteiger partial charge < -0.3 is 10.2 Å². The van der Waals surface area contributed by atoms with E-state index in [1.165, 1.54) is 0 Å². The van der Waals surface area contributed by atoms with E-state index in [0.29, 0.717) is 18.0 Å². The highest BCUT2D eigenvalue weighted by atomic mass is 16.2. The van der Waals surface area contributed by atoms with Crippen LogP contribution in [0.15, 0.2) is 0 Å². The first kappa shape index (κ1) is 10.9. The first-order valence-electron chi connectivity index (χ1n) is 5.97. The van der Waals surface area contributed by atoms with E-state index in [-0.39, 0.29) is 11.3 Å². The third-order valence-corrected chi connectivity index (χ3v) is 4.13. The zero-order valence-electron chi connectivity index (χ0n) is 10.2. The van der Waals surface area contributed by atoms with Crippen molar-refractivity contribution in [2.24, 2.45) is 11.3 Å². The molecular formula is C12H22N2O. The van der Waals surface area contributed by atoms with Crippen molar-refractivity contribution in [2.45, 2.75) is 46.2 Å². The molecule has 0 aromatic heterocycles. The summed E-state index contributed by atoms with van der Waals surface area (Å²) in [5, 5.41) is 3.40. The normalized spacial score (nSPS) is 38.9. The molecule has 1 aliphatic carbocycles. The number of nitrogens with zero attached hydrogens (tertiary/aromatic N) is 1. The number of piperazine rings is 1. The summed E-state index contributed by atoms with van der Waals surface area (Å²) in [6.07, 6.45) is 1.07. The molecule has 1 heterocycles. The summed E-state index contributed by atoms with van der Waals surface area (Å²) in [6.45, 7) is 10.5. The van der Waals surface area contributed by atoms with Crippen LogP contribution in [-0.4, -0.2) is 36.0 Å². The minimum atomic E-state index is 0.255. The Labute approximate surface area is 92.2 Å². The van der Waals surface area contributed by atoms with Crippen molar-refractivity contribution in [3.05, 3.63) is 0 Å². The van der Waals surface area contributed by atoms with Gasteiger partial charge in [0.05, 0.1) is 0 Å². The predicted molar refractivity (Wildman–Crippen MR) is 60.5 cm³/mol. The van der Waals surface area contributed by atoms with E-state index in [4.69, 9.17) is 0 Å². The smallest absolute Gasteiger partial charge is 0.226 e. The van der Waals surface area contributed by atoms with Crippen molar-refractivity contribution in [3.63, 3.8) is 0 Å². The first-order chi connectivity index (χ1) is 6.93. The van der Waals surface area contributed by atoms with E-state index in [9.17, 15) is 4.79 Å². The lowest BCUT2D eigenvalue weighted by Crippen LogP contribution is -2.57. The number of hydrogen-bond donors (Lipinski definition) is 1. The highest BCUT2D eigenvalue weighted by molar-refractivity contribution is 5.83. The number of amides is 1. The largest absolute Gasteiger partial charge is 0.337 e. The minimum Gasteiger partial charge on any atom is -0.337 e. The van der Waals surface area contributed by atoms with Crippen molar-refractivity contribution in [3.8, 4) is 0 Å². The van der Waals surface area contributed by atoms with E-state index in [0.717, 1.165) is 19.5 Å². The molecule has 86 valence electrons. The molecule has 1 amide bonds. The summed E-state index contributed by atoms with van der Waals surface area (Å²) >= 11 is 0. The molecule has 2 aliphatic rings. The minimum absolute atomic E-state index is 0.255. The molecule has 1 saturated carbocycles. The highest BCUT2D eigenvalue weighted by Gasteiger charge is 2.52. The predicted octanol–water partition coefficient (Wildman–Crippen LogP) is 1.24. The van der Waals surface area contributed by atoms with Gasteiger partial charge in [0, 0.05) is 31.1 Å². The fourth-order valence-electron chi connectivity index (χ4n) is 2.46. The van der Waals surface area contributed by atoms with Crippen LogP contribution < -0.4 is 5.32 Å². The van der Waals surface area contributed by atoms with Crippen LogP contribution in [0.1, 0.15) is 34.1 Å². The molecule has 3 unspecified atom stereocenters. The molecular weight excluding hydrogens is 188 g/mol. The Balaban J connectivity index is 2.01. The maximum atomic E-state index is 12.2. The van der Waals surface area contributed by atoms with Gasteiger partial charge in [-0.3, -0.25) is 4.79 Å². The van der Waals surface area contributed by atoms with E-state index in [1.807, 2.05) is 0 Å². The average Bonchev–Trinajstić information content (AvgIpc) is 2.79. The maximum absolute atomic E-state index is 12.2. The Hall–Kier alpha value is -0.570. The molecule has 0 aromatic carbocycles. The van der Waals surface area contributed by atoms with Crippen molar-refractivity contribution in [2.75, 3.05) is 13.1 Å². The molecule has 3 heteroatoms. The van der Waals surface area contributed by atoms with Crippen molar-refractivity contribution < 1.29 is 4.79 Å². The molecule has 0 bridgehead atoms. The second-order valence-corrected chi connectivity index (χ2v) is 5.76. The van der Waals surface area contributed by atoms with Gasteiger partial charge in [0.25, 0.3) is 0 Å². The third-order valence-electron chi connectivity index (χ3n) is 4.13. The van der Waals surface area contributed by atoms with Gasteiger partial charge >= 0.3 is 0 Å². The number of nitrogens with one attached hydrogen (secondary N) is 1. The van der Waals surface area contributed by atoms with Crippen molar-refractivity contribution in [1.82, 2.24) is 10.2 Å². The van der Waals surface area contributed by atoms with Crippen LogP contribution in [-0.2, 0) is 4.79 Å². The molecule has 2 fully saturated rings. The van der Waals surface area contributed by atoms with E-state index in [2.05, 4.69) is 37.9 Å². The van der Waals surface area contributed by atoms with Gasteiger partial charge in [0.15, 0.2) is 0 Å². The summed E-state index contributed by atoms with van der Waals surface area (Å²) in [4.78, 5) is 14.3. The standard InChI is InChI=1S/C12H22N2O/c1-8-9(2)14(6-5-13-8)11(15)10-7-12(10,3)4/h8-10,13H,5-7H2,1-4H3. The van der Waals surface area contributed by atoms with Gasteiger partial charge in [0.1, 0.15) is 0 Å². The zero-order chi connectivity index (χ0) is 11.2. The van der Waals surface area contributed by atoms with Crippen LogP contribution in [0.4, 0.5) is 0 Å². The summed E-state index contributed by atoms with van der Waals surface area (Å²) < 4.78 is 0. The van der Waals surface area contributed by atoms with Gasteiger partial charge in [-0.1, -0.05) is 13.8 Å². The monoisotopic (exact) mass is 210 g/mol. The van der Waals surface area contributed by atoms with E-state index in [1.54, 1.807) is 0 Å². The second-order valence-electron chi connectivity index (χ2n) is 5.76. The summed E-state index contributed by atoms with van der Waals surface area (Å²) in [5.74, 6) is 0.658. The lowest BCUT2D eigenvalue weighted by Gasteiger charge is -2.39. The maximum Gasteiger partial charge on any atom is 0.226 e. The Kier molecular flexibility index (Phi) is 2.53. The van der Waals surface area contributed by atoms with Gasteiger partial charge in [-0.2, -0.15) is 0 Å². The molecule has 1 saturated heterocycles. The Morgan fingerprint density at radius 2 is 2.00 bits per heavy atom. The first-order valence-corrected chi connectivity index (χ1v) is 5.97. The van der Waals surface area contributed by atoms with Gasteiger partial charge in [-0.25, -0.2) is 0 Å². The van der Waals surface area contributed by atoms with Crippen molar-refractivity contribution in [1.29, 1.82) is 0 Å². The van der Waals surface area contributed by atoms with Gasteiger partial charge in [-0.15, -0.1) is 0 Å². The van der Waals surface area contributed by atoms with Crippen LogP contribution in [0, 0.1) is 11.3 Å². The van der Waals surface area contributed by atoms with Crippen LogP contribution >= 0.6 is 0 Å². The molecule has 0 aromatic rings. The third kappa shape index (κ3) is 1.89.